The first-order valence-corrected chi connectivity index (χ1v) is 7.40. The molecule has 2 aliphatic heterocycles. The Hall–Kier alpha value is -0.860. The fraction of sp³-hybridized carbons (Fsp3) is 0.625. The molecule has 3 unspecified atom stereocenters. The molecule has 1 N–H and O–H groups in total. The summed E-state index contributed by atoms with van der Waals surface area (Å²) in [5.41, 5.74) is 1.45. The van der Waals surface area contributed by atoms with Gasteiger partial charge in [-0.1, -0.05) is 37.3 Å². The highest BCUT2D eigenvalue weighted by Crippen LogP contribution is 2.32. The first-order chi connectivity index (χ1) is 8.88. The number of piperidine rings is 1. The third-order valence-corrected chi connectivity index (χ3v) is 4.64. The fourth-order valence-electron chi connectivity index (χ4n) is 3.81. The monoisotopic (exact) mass is 244 g/mol. The summed E-state index contributed by atoms with van der Waals surface area (Å²) in [7, 11) is 0. The van der Waals surface area contributed by atoms with Gasteiger partial charge >= 0.3 is 0 Å². The Bertz CT molecular complexity index is 376. The van der Waals surface area contributed by atoms with Crippen molar-refractivity contribution in [3.8, 4) is 0 Å². The number of nitrogens with one attached hydrogen (secondary N) is 1. The minimum Gasteiger partial charge on any atom is -0.312 e. The number of likely N-dealkylation sites (tertiary alicyclic amines) is 1. The van der Waals surface area contributed by atoms with E-state index in [1.807, 2.05) is 0 Å². The molecule has 3 rings (SSSR count). The van der Waals surface area contributed by atoms with Crippen LogP contribution in [0, 0.1) is 5.92 Å². The van der Waals surface area contributed by atoms with Gasteiger partial charge in [0, 0.05) is 25.2 Å². The van der Waals surface area contributed by atoms with Crippen molar-refractivity contribution in [2.24, 2.45) is 5.92 Å². The van der Waals surface area contributed by atoms with Crippen LogP contribution in [0.4, 0.5) is 0 Å². The topological polar surface area (TPSA) is 15.3 Å². The molecule has 0 amide bonds. The summed E-state index contributed by atoms with van der Waals surface area (Å²) < 4.78 is 0. The summed E-state index contributed by atoms with van der Waals surface area (Å²) in [4.78, 5) is 2.70. The second-order valence-corrected chi connectivity index (χ2v) is 5.77. The van der Waals surface area contributed by atoms with E-state index >= 15 is 0 Å². The van der Waals surface area contributed by atoms with Gasteiger partial charge in [-0.3, -0.25) is 4.90 Å². The van der Waals surface area contributed by atoms with E-state index in [1.54, 1.807) is 0 Å². The van der Waals surface area contributed by atoms with Gasteiger partial charge in [0.2, 0.25) is 0 Å². The molecule has 98 valence electrons. The van der Waals surface area contributed by atoms with Gasteiger partial charge in [0.15, 0.2) is 0 Å². The van der Waals surface area contributed by atoms with Gasteiger partial charge in [-0.25, -0.2) is 0 Å². The summed E-state index contributed by atoms with van der Waals surface area (Å²) >= 11 is 0. The molecular weight excluding hydrogens is 220 g/mol. The van der Waals surface area contributed by atoms with E-state index in [4.69, 9.17) is 0 Å². The van der Waals surface area contributed by atoms with E-state index in [2.05, 4.69) is 47.5 Å². The molecule has 2 fully saturated rings. The smallest absolute Gasteiger partial charge is 0.0263 e. The van der Waals surface area contributed by atoms with E-state index in [1.165, 1.54) is 37.9 Å². The van der Waals surface area contributed by atoms with Crippen LogP contribution in [0.15, 0.2) is 30.3 Å². The molecule has 0 aromatic heterocycles. The van der Waals surface area contributed by atoms with Crippen molar-refractivity contribution in [3.63, 3.8) is 0 Å². The molecule has 0 saturated carbocycles. The molecule has 2 heterocycles. The van der Waals surface area contributed by atoms with Crippen molar-refractivity contribution in [2.45, 2.75) is 44.8 Å². The molecule has 2 saturated heterocycles. The molecule has 2 heteroatoms. The van der Waals surface area contributed by atoms with Crippen LogP contribution in [0.3, 0.4) is 0 Å². The van der Waals surface area contributed by atoms with Crippen LogP contribution in [0.1, 0.15) is 31.7 Å². The zero-order valence-electron chi connectivity index (χ0n) is 11.3. The third kappa shape index (κ3) is 2.32. The van der Waals surface area contributed by atoms with Crippen LogP contribution in [0.2, 0.25) is 0 Å². The Balaban J connectivity index is 1.72. The summed E-state index contributed by atoms with van der Waals surface area (Å²) in [6, 6.07) is 12.4. The number of hydrogen-bond donors (Lipinski definition) is 1. The highest BCUT2D eigenvalue weighted by Gasteiger charge is 2.41. The largest absolute Gasteiger partial charge is 0.312 e. The van der Waals surface area contributed by atoms with Crippen molar-refractivity contribution < 1.29 is 0 Å². The minimum atomic E-state index is 0.732. The van der Waals surface area contributed by atoms with Crippen molar-refractivity contribution in [1.29, 1.82) is 0 Å². The number of rotatable bonds is 3. The molecule has 18 heavy (non-hydrogen) atoms. The molecule has 0 spiro atoms. The van der Waals surface area contributed by atoms with Gasteiger partial charge in [0.25, 0.3) is 0 Å². The highest BCUT2D eigenvalue weighted by molar-refractivity contribution is 5.15. The molecule has 0 bridgehead atoms. The average Bonchev–Trinajstić information content (AvgIpc) is 2.77. The van der Waals surface area contributed by atoms with Gasteiger partial charge in [-0.15, -0.1) is 0 Å². The van der Waals surface area contributed by atoms with Crippen LogP contribution < -0.4 is 5.32 Å². The van der Waals surface area contributed by atoms with Crippen molar-refractivity contribution in [1.82, 2.24) is 10.2 Å². The molecule has 2 nitrogen and oxygen atoms in total. The van der Waals surface area contributed by atoms with Crippen LogP contribution >= 0.6 is 0 Å². The second kappa shape index (κ2) is 5.41. The van der Waals surface area contributed by atoms with E-state index in [-0.39, 0.29) is 0 Å². The Morgan fingerprint density at radius 3 is 2.89 bits per heavy atom. The van der Waals surface area contributed by atoms with E-state index in [0.29, 0.717) is 0 Å². The zero-order chi connectivity index (χ0) is 12.4. The second-order valence-electron chi connectivity index (χ2n) is 5.77. The predicted molar refractivity (Wildman–Crippen MR) is 75.4 cm³/mol. The number of nitrogens with zero attached hydrogens (tertiary/aromatic N) is 1. The van der Waals surface area contributed by atoms with Crippen LogP contribution in [0.5, 0.6) is 0 Å². The lowest BCUT2D eigenvalue weighted by molar-refractivity contribution is 0.220. The summed E-state index contributed by atoms with van der Waals surface area (Å²) in [6.07, 6.45) is 4.04. The maximum atomic E-state index is 3.76. The number of benzene rings is 1. The molecule has 0 radical (unpaired) electrons. The molecule has 2 aliphatic rings. The van der Waals surface area contributed by atoms with Gasteiger partial charge in [0.1, 0.15) is 0 Å². The first kappa shape index (κ1) is 12.2. The van der Waals surface area contributed by atoms with Gasteiger partial charge < -0.3 is 5.32 Å². The Kier molecular flexibility index (Phi) is 3.67. The standard InChI is InChI=1S/C16H24N2/c1-2-15-16-14(9-6-10-17-16)12-18(15)11-13-7-4-3-5-8-13/h3-5,7-8,14-17H,2,6,9-12H2,1H3. The summed E-state index contributed by atoms with van der Waals surface area (Å²) in [5.74, 6) is 0.882. The van der Waals surface area contributed by atoms with Gasteiger partial charge in [0.05, 0.1) is 0 Å². The fourth-order valence-corrected chi connectivity index (χ4v) is 3.81. The van der Waals surface area contributed by atoms with Crippen molar-refractivity contribution >= 4 is 0 Å². The van der Waals surface area contributed by atoms with E-state index in [9.17, 15) is 0 Å². The SMILES string of the molecule is CCC1C2NCCCC2CN1Cc1ccccc1. The Morgan fingerprint density at radius 2 is 2.11 bits per heavy atom. The van der Waals surface area contributed by atoms with Crippen LogP contribution in [-0.4, -0.2) is 30.1 Å². The summed E-state index contributed by atoms with van der Waals surface area (Å²) in [6.45, 7) is 5.96. The molecule has 1 aromatic rings. The number of hydrogen-bond acceptors (Lipinski definition) is 2. The van der Waals surface area contributed by atoms with Crippen molar-refractivity contribution in [2.75, 3.05) is 13.1 Å². The van der Waals surface area contributed by atoms with Crippen LogP contribution in [-0.2, 0) is 6.54 Å². The predicted octanol–water partition coefficient (Wildman–Crippen LogP) is 2.65. The Morgan fingerprint density at radius 1 is 1.28 bits per heavy atom. The van der Waals surface area contributed by atoms with Crippen LogP contribution in [0.25, 0.3) is 0 Å². The zero-order valence-corrected chi connectivity index (χ0v) is 11.3. The lowest BCUT2D eigenvalue weighted by Crippen LogP contribution is -2.46. The normalized spacial score (nSPS) is 32.4. The lowest BCUT2D eigenvalue weighted by Gasteiger charge is -2.31. The lowest BCUT2D eigenvalue weighted by atomic mass is 9.90. The Labute approximate surface area is 110 Å². The van der Waals surface area contributed by atoms with Crippen molar-refractivity contribution in [3.05, 3.63) is 35.9 Å². The van der Waals surface area contributed by atoms with E-state index in [0.717, 1.165) is 24.5 Å². The molecule has 1 aromatic carbocycles. The minimum absolute atomic E-state index is 0.732. The first-order valence-electron chi connectivity index (χ1n) is 7.40. The van der Waals surface area contributed by atoms with Gasteiger partial charge in [-0.2, -0.15) is 0 Å². The number of fused-ring (bicyclic) bond motifs is 1. The molecule has 0 aliphatic carbocycles. The van der Waals surface area contributed by atoms with Gasteiger partial charge in [-0.05, 0) is 37.3 Å². The highest BCUT2D eigenvalue weighted by atomic mass is 15.2. The summed E-state index contributed by atoms with van der Waals surface area (Å²) in [5, 5.41) is 3.76. The maximum Gasteiger partial charge on any atom is 0.0263 e. The van der Waals surface area contributed by atoms with E-state index < -0.39 is 0 Å². The average molecular weight is 244 g/mol. The maximum absolute atomic E-state index is 3.76. The molecular formula is C16H24N2. The quantitative estimate of drug-likeness (QED) is 0.879. The third-order valence-electron chi connectivity index (χ3n) is 4.64. The molecule has 3 atom stereocenters.